The number of nitrogen functional groups attached to an aromatic ring is 1. The maximum atomic E-state index is 15.7. The van der Waals surface area contributed by atoms with E-state index in [2.05, 4.69) is 5.32 Å². The van der Waals surface area contributed by atoms with Crippen molar-refractivity contribution in [3.8, 4) is 0 Å². The first kappa shape index (κ1) is 29.7. The normalized spacial score (nSPS) is 23.9. The Balaban J connectivity index is 1.71. The molecule has 0 aliphatic carbocycles. The minimum absolute atomic E-state index is 0.190. The van der Waals surface area contributed by atoms with Crippen molar-refractivity contribution in [1.29, 1.82) is 0 Å². The third-order valence-corrected chi connectivity index (χ3v) is 10.5. The molecule has 4 atom stereocenters. The van der Waals surface area contributed by atoms with Crippen LogP contribution in [0.1, 0.15) is 48.5 Å². The van der Waals surface area contributed by atoms with E-state index < -0.39 is 31.6 Å². The van der Waals surface area contributed by atoms with Gasteiger partial charge in [-0.05, 0) is 74.8 Å². The van der Waals surface area contributed by atoms with E-state index in [-0.39, 0.29) is 37.2 Å². The molecule has 2 aromatic carbocycles. The molecule has 0 unspecified atom stereocenters. The number of ether oxygens (including phenoxy) is 2. The van der Waals surface area contributed by atoms with Crippen molar-refractivity contribution in [3.05, 3.63) is 53.6 Å². The molecule has 9 nitrogen and oxygen atoms in total. The average Bonchev–Trinajstić information content (AvgIpc) is 3.33. The van der Waals surface area contributed by atoms with Crippen LogP contribution in [0.2, 0.25) is 18.6 Å². The van der Waals surface area contributed by atoms with Gasteiger partial charge in [0.25, 0.3) is 11.8 Å². The molecule has 0 bridgehead atoms. The summed E-state index contributed by atoms with van der Waals surface area (Å²) in [5.41, 5.74) is 6.38. The van der Waals surface area contributed by atoms with Crippen LogP contribution >= 0.6 is 0 Å². The van der Waals surface area contributed by atoms with Gasteiger partial charge < -0.3 is 34.6 Å². The summed E-state index contributed by atoms with van der Waals surface area (Å²) in [4.78, 5) is 40.4. The van der Waals surface area contributed by atoms with Crippen LogP contribution in [0.25, 0.3) is 0 Å². The van der Waals surface area contributed by atoms with Gasteiger partial charge in [-0.2, -0.15) is 0 Å². The summed E-state index contributed by atoms with van der Waals surface area (Å²) in [5.74, 6) is -1.46. The Hall–Kier alpha value is -3.28. The van der Waals surface area contributed by atoms with Crippen LogP contribution in [0.4, 0.5) is 21.2 Å². The lowest BCUT2D eigenvalue weighted by atomic mass is 9.82. The molecule has 0 radical (unpaired) electrons. The third kappa shape index (κ3) is 5.50. The number of hydrogen-bond donors (Lipinski definition) is 3. The van der Waals surface area contributed by atoms with Crippen LogP contribution in [0.3, 0.4) is 0 Å². The maximum Gasteiger partial charge on any atom is 0.305 e. The van der Waals surface area contributed by atoms with Crippen molar-refractivity contribution in [2.75, 3.05) is 36.2 Å². The smallest absolute Gasteiger partial charge is 0.305 e. The van der Waals surface area contributed by atoms with Crippen molar-refractivity contribution in [2.24, 2.45) is 5.92 Å². The van der Waals surface area contributed by atoms with Crippen molar-refractivity contribution in [3.63, 3.8) is 0 Å². The molecule has 40 heavy (non-hydrogen) atoms. The first-order valence-electron chi connectivity index (χ1n) is 13.6. The third-order valence-electron chi connectivity index (χ3n) is 8.05. The lowest BCUT2D eigenvalue weighted by molar-refractivity contribution is -0.146. The summed E-state index contributed by atoms with van der Waals surface area (Å²) in [6, 6.07) is 11.8. The number of amides is 2. The minimum atomic E-state index is -3.33. The number of unbranched alkanes of at least 4 members (excludes halogenated alkanes) is 1. The second-order valence-corrected chi connectivity index (χ2v) is 14.9. The summed E-state index contributed by atoms with van der Waals surface area (Å²) in [5, 5.41) is 12.6. The standard InChI is InChI=1S/C29H38FN3O6Si/c1-18-26(40(3,4)30)24(14-16-34)39-29(18)22-17-21(32-27(36)19-8-10-20(31)11-9-19)12-13-23(22)33(28(29)37)15-6-5-7-25(35)38-2/h8-13,17-18,24,26,34H,5-7,14-16,31H2,1-4H3,(H,32,36)/t18-,24+,26-,29+/m0/s1. The summed E-state index contributed by atoms with van der Waals surface area (Å²) < 4.78 is 27.0. The van der Waals surface area contributed by atoms with Crippen molar-refractivity contribution in [2.45, 2.75) is 62.9 Å². The number of carbonyl (C=O) groups is 3. The van der Waals surface area contributed by atoms with Crippen LogP contribution in [0.5, 0.6) is 0 Å². The molecule has 11 heteroatoms. The van der Waals surface area contributed by atoms with E-state index in [4.69, 9.17) is 15.2 Å². The quantitative estimate of drug-likeness (QED) is 0.127. The van der Waals surface area contributed by atoms with E-state index >= 15 is 4.11 Å². The second kappa shape index (κ2) is 11.7. The van der Waals surface area contributed by atoms with Gasteiger partial charge in [0, 0.05) is 53.5 Å². The van der Waals surface area contributed by atoms with E-state index in [0.717, 1.165) is 0 Å². The Morgan fingerprint density at radius 1 is 1.20 bits per heavy atom. The Bertz CT molecular complexity index is 1270. The number of methoxy groups -OCH3 is 1. The highest BCUT2D eigenvalue weighted by Gasteiger charge is 2.66. The Labute approximate surface area is 235 Å². The van der Waals surface area contributed by atoms with E-state index in [0.29, 0.717) is 47.6 Å². The van der Waals surface area contributed by atoms with Crippen LogP contribution in [0.15, 0.2) is 42.5 Å². The van der Waals surface area contributed by atoms with Gasteiger partial charge >= 0.3 is 5.97 Å². The zero-order valence-electron chi connectivity index (χ0n) is 23.4. The number of rotatable bonds is 10. The van der Waals surface area contributed by atoms with Gasteiger partial charge in [-0.25, -0.2) is 0 Å². The molecule has 1 fully saturated rings. The monoisotopic (exact) mass is 571 g/mol. The molecule has 2 amide bonds. The average molecular weight is 572 g/mol. The first-order chi connectivity index (χ1) is 18.9. The fourth-order valence-corrected chi connectivity index (χ4v) is 8.77. The molecule has 1 spiro atoms. The molecular formula is C29H38FN3O6Si. The number of aliphatic hydroxyl groups excluding tert-OH is 1. The van der Waals surface area contributed by atoms with Crippen LogP contribution in [0, 0.1) is 5.92 Å². The molecule has 2 heterocycles. The molecule has 1 saturated heterocycles. The molecule has 2 aliphatic heterocycles. The van der Waals surface area contributed by atoms with Gasteiger partial charge in [0.15, 0.2) is 5.60 Å². The highest BCUT2D eigenvalue weighted by molar-refractivity contribution is 6.72. The van der Waals surface area contributed by atoms with Crippen LogP contribution < -0.4 is 16.0 Å². The fourth-order valence-electron chi connectivity index (χ4n) is 6.22. The number of carbonyl (C=O) groups excluding carboxylic acids is 3. The van der Waals surface area contributed by atoms with Gasteiger partial charge in [0.2, 0.25) is 8.41 Å². The Kier molecular flexibility index (Phi) is 8.67. The number of hydrogen-bond acceptors (Lipinski definition) is 7. The second-order valence-electron chi connectivity index (χ2n) is 11.1. The van der Waals surface area contributed by atoms with Crippen molar-refractivity contribution < 1.29 is 33.1 Å². The lowest BCUT2D eigenvalue weighted by Crippen LogP contribution is -2.45. The van der Waals surface area contributed by atoms with E-state index in [1.807, 2.05) is 6.92 Å². The zero-order valence-corrected chi connectivity index (χ0v) is 24.4. The highest BCUT2D eigenvalue weighted by atomic mass is 28.4. The molecule has 2 aromatic rings. The number of nitrogens with one attached hydrogen (secondary N) is 1. The first-order valence-corrected chi connectivity index (χ1v) is 16.6. The molecule has 2 aliphatic rings. The molecular weight excluding hydrogens is 533 g/mol. The summed E-state index contributed by atoms with van der Waals surface area (Å²) in [6.45, 7) is 5.20. The minimum Gasteiger partial charge on any atom is -0.469 e. The number of esters is 1. The van der Waals surface area contributed by atoms with Crippen LogP contribution in [-0.2, 0) is 24.7 Å². The van der Waals surface area contributed by atoms with E-state index in [9.17, 15) is 19.5 Å². The SMILES string of the molecule is COC(=O)CCCCN1C(=O)[C@]2(O[C@H](CCO)[C@@H]([Si](C)(C)F)[C@@H]2C)c2cc(NC(=O)c3ccc(N)cc3)ccc21. The fraction of sp³-hybridized carbons (Fsp3) is 0.483. The van der Waals surface area contributed by atoms with Gasteiger partial charge in [0.1, 0.15) is 0 Å². The number of nitrogens with zero attached hydrogens (tertiary/aromatic N) is 1. The lowest BCUT2D eigenvalue weighted by Gasteiger charge is -2.31. The van der Waals surface area contributed by atoms with E-state index in [1.54, 1.807) is 60.5 Å². The summed E-state index contributed by atoms with van der Waals surface area (Å²) >= 11 is 0. The van der Waals surface area contributed by atoms with Crippen molar-refractivity contribution >= 4 is 43.3 Å². The largest absolute Gasteiger partial charge is 0.469 e. The zero-order chi connectivity index (χ0) is 29.2. The highest BCUT2D eigenvalue weighted by Crippen LogP contribution is 2.60. The number of anilines is 3. The maximum absolute atomic E-state index is 15.7. The topological polar surface area (TPSA) is 131 Å². The van der Waals surface area contributed by atoms with Gasteiger partial charge in [0.05, 0.1) is 18.9 Å². The number of aliphatic hydroxyl groups is 1. The predicted molar refractivity (Wildman–Crippen MR) is 153 cm³/mol. The Morgan fingerprint density at radius 2 is 1.90 bits per heavy atom. The number of halogens is 1. The van der Waals surface area contributed by atoms with Gasteiger partial charge in [-0.1, -0.05) is 6.92 Å². The number of nitrogens with two attached hydrogens (primary N) is 1. The van der Waals surface area contributed by atoms with Gasteiger partial charge in [-0.15, -0.1) is 0 Å². The molecule has 4 N–H and O–H groups in total. The summed E-state index contributed by atoms with van der Waals surface area (Å²) in [6.07, 6.45) is 0.905. The van der Waals surface area contributed by atoms with Gasteiger partial charge in [-0.3, -0.25) is 14.4 Å². The Morgan fingerprint density at radius 3 is 2.52 bits per heavy atom. The van der Waals surface area contributed by atoms with Crippen molar-refractivity contribution in [1.82, 2.24) is 0 Å². The summed E-state index contributed by atoms with van der Waals surface area (Å²) in [7, 11) is -1.99. The van der Waals surface area contributed by atoms with E-state index in [1.165, 1.54) is 7.11 Å². The molecule has 216 valence electrons. The number of benzene rings is 2. The predicted octanol–water partition coefficient (Wildman–Crippen LogP) is 4.37. The van der Waals surface area contributed by atoms with Crippen LogP contribution in [-0.4, -0.2) is 57.7 Å². The number of fused-ring (bicyclic) bond motifs is 2. The molecule has 4 rings (SSSR count). The molecule has 0 aromatic heterocycles. The molecule has 0 saturated carbocycles.